The van der Waals surface area contributed by atoms with E-state index in [1.54, 1.807) is 6.20 Å². The maximum absolute atomic E-state index is 5.82. The van der Waals surface area contributed by atoms with Gasteiger partial charge in [0.1, 0.15) is 5.82 Å². The van der Waals surface area contributed by atoms with Crippen LogP contribution in [0.4, 0.5) is 11.5 Å². The number of aromatic nitrogens is 1. The first-order chi connectivity index (χ1) is 7.25. The first-order valence-corrected chi connectivity index (χ1v) is 5.46. The van der Waals surface area contributed by atoms with Crippen molar-refractivity contribution in [3.63, 3.8) is 0 Å². The number of halogens is 1. The highest BCUT2D eigenvalue weighted by molar-refractivity contribution is 5.85. The molecule has 5 N–H and O–H groups in total. The average molecular weight is 243 g/mol. The van der Waals surface area contributed by atoms with Gasteiger partial charge in [-0.15, -0.1) is 12.4 Å². The van der Waals surface area contributed by atoms with Crippen molar-refractivity contribution >= 4 is 23.9 Å². The summed E-state index contributed by atoms with van der Waals surface area (Å²) in [5, 5.41) is 3.40. The van der Waals surface area contributed by atoms with Crippen LogP contribution in [-0.4, -0.2) is 18.1 Å². The van der Waals surface area contributed by atoms with E-state index in [2.05, 4.69) is 10.3 Å². The van der Waals surface area contributed by atoms with Crippen molar-refractivity contribution in [2.75, 3.05) is 24.6 Å². The van der Waals surface area contributed by atoms with Crippen molar-refractivity contribution in [1.82, 2.24) is 10.3 Å². The van der Waals surface area contributed by atoms with Gasteiger partial charge in [0.05, 0.1) is 11.9 Å². The molecule has 1 unspecified atom stereocenters. The number of rotatable bonds is 2. The zero-order chi connectivity index (χ0) is 10.7. The Morgan fingerprint density at radius 2 is 2.25 bits per heavy atom. The smallest absolute Gasteiger partial charge is 0.126 e. The van der Waals surface area contributed by atoms with Crippen LogP contribution in [0, 0.1) is 5.92 Å². The topological polar surface area (TPSA) is 77.0 Å². The van der Waals surface area contributed by atoms with E-state index in [1.807, 2.05) is 6.07 Å². The molecule has 0 bridgehead atoms. The Morgan fingerprint density at radius 3 is 2.94 bits per heavy atom. The van der Waals surface area contributed by atoms with E-state index in [0.29, 0.717) is 17.4 Å². The summed E-state index contributed by atoms with van der Waals surface area (Å²) in [4.78, 5) is 4.08. The van der Waals surface area contributed by atoms with E-state index in [4.69, 9.17) is 11.5 Å². The number of nitrogens with two attached hydrogens (primary N) is 2. The first-order valence-electron chi connectivity index (χ1n) is 5.46. The second kappa shape index (κ2) is 5.92. The van der Waals surface area contributed by atoms with Crippen LogP contribution >= 0.6 is 12.4 Å². The van der Waals surface area contributed by atoms with Crippen LogP contribution in [0.25, 0.3) is 0 Å². The molecule has 2 heterocycles. The quantitative estimate of drug-likeness (QED) is 0.729. The minimum absolute atomic E-state index is 0. The number of pyridine rings is 1. The molecule has 0 aromatic carbocycles. The molecule has 2 rings (SSSR count). The van der Waals surface area contributed by atoms with Gasteiger partial charge in [-0.1, -0.05) is 0 Å². The normalized spacial score (nSPS) is 20.1. The van der Waals surface area contributed by atoms with Crippen LogP contribution < -0.4 is 16.8 Å². The molecule has 4 nitrogen and oxygen atoms in total. The molecule has 0 amide bonds. The maximum Gasteiger partial charge on any atom is 0.126 e. The summed E-state index contributed by atoms with van der Waals surface area (Å²) in [6.07, 6.45) is 5.11. The number of anilines is 2. The number of hydrogen-bond donors (Lipinski definition) is 3. The summed E-state index contributed by atoms with van der Waals surface area (Å²) < 4.78 is 0. The summed E-state index contributed by atoms with van der Waals surface area (Å²) in [6, 6.07) is 1.94. The second-order valence-electron chi connectivity index (χ2n) is 4.23. The highest BCUT2D eigenvalue weighted by Crippen LogP contribution is 2.20. The molecule has 1 aromatic heterocycles. The SMILES string of the molecule is Cl.Nc1cnc(N)c(CC2CCCNC2)c1. The van der Waals surface area contributed by atoms with Gasteiger partial charge in [-0.05, 0) is 49.9 Å². The molecule has 0 saturated carbocycles. The highest BCUT2D eigenvalue weighted by atomic mass is 35.5. The van der Waals surface area contributed by atoms with Gasteiger partial charge < -0.3 is 16.8 Å². The van der Waals surface area contributed by atoms with Crippen molar-refractivity contribution in [2.24, 2.45) is 5.92 Å². The lowest BCUT2D eigenvalue weighted by Gasteiger charge is -2.23. The Labute approximate surface area is 102 Å². The van der Waals surface area contributed by atoms with Crippen LogP contribution in [0.2, 0.25) is 0 Å². The molecule has 0 aliphatic carbocycles. The highest BCUT2D eigenvalue weighted by Gasteiger charge is 2.15. The van der Waals surface area contributed by atoms with Gasteiger partial charge in [0.25, 0.3) is 0 Å². The Bertz CT molecular complexity index is 337. The van der Waals surface area contributed by atoms with Crippen LogP contribution in [0.3, 0.4) is 0 Å². The van der Waals surface area contributed by atoms with Crippen molar-refractivity contribution in [1.29, 1.82) is 0 Å². The lowest BCUT2D eigenvalue weighted by molar-refractivity contribution is 0.376. The Hall–Kier alpha value is -1.00. The molecule has 1 fully saturated rings. The molecule has 0 spiro atoms. The number of piperidine rings is 1. The van der Waals surface area contributed by atoms with Crippen molar-refractivity contribution in [3.8, 4) is 0 Å². The number of nitrogens with one attached hydrogen (secondary N) is 1. The minimum Gasteiger partial charge on any atom is -0.397 e. The molecule has 90 valence electrons. The lowest BCUT2D eigenvalue weighted by Crippen LogP contribution is -2.31. The summed E-state index contributed by atoms with van der Waals surface area (Å²) in [5.74, 6) is 1.29. The van der Waals surface area contributed by atoms with Gasteiger partial charge in [0, 0.05) is 0 Å². The monoisotopic (exact) mass is 242 g/mol. The van der Waals surface area contributed by atoms with Crippen LogP contribution in [0.15, 0.2) is 12.3 Å². The molecule has 0 radical (unpaired) electrons. The third-order valence-corrected chi connectivity index (χ3v) is 2.93. The van der Waals surface area contributed by atoms with Crippen molar-refractivity contribution < 1.29 is 0 Å². The van der Waals surface area contributed by atoms with Gasteiger partial charge in [-0.25, -0.2) is 4.98 Å². The Kier molecular flexibility index (Phi) is 4.83. The first kappa shape index (κ1) is 13.1. The molecular formula is C11H19ClN4. The zero-order valence-electron chi connectivity index (χ0n) is 9.28. The standard InChI is InChI=1S/C11H18N4.ClH/c12-10-5-9(11(13)15-7-10)4-8-2-1-3-14-6-8;/h5,7-8,14H,1-4,6,12H2,(H2,13,15);1H. The molecule has 1 aliphatic heterocycles. The van der Waals surface area contributed by atoms with E-state index in [-0.39, 0.29) is 12.4 Å². The zero-order valence-corrected chi connectivity index (χ0v) is 10.1. The summed E-state index contributed by atoms with van der Waals surface area (Å²) in [7, 11) is 0. The van der Waals surface area contributed by atoms with Gasteiger partial charge >= 0.3 is 0 Å². The van der Waals surface area contributed by atoms with E-state index in [9.17, 15) is 0 Å². The van der Waals surface area contributed by atoms with E-state index >= 15 is 0 Å². The summed E-state index contributed by atoms with van der Waals surface area (Å²) in [6.45, 7) is 2.22. The summed E-state index contributed by atoms with van der Waals surface area (Å²) in [5.41, 5.74) is 13.3. The molecule has 1 saturated heterocycles. The summed E-state index contributed by atoms with van der Waals surface area (Å²) >= 11 is 0. The van der Waals surface area contributed by atoms with Gasteiger partial charge in [-0.2, -0.15) is 0 Å². The predicted molar refractivity (Wildman–Crippen MR) is 69.6 cm³/mol. The fraction of sp³-hybridized carbons (Fsp3) is 0.545. The Balaban J connectivity index is 0.00000128. The average Bonchev–Trinajstić information content (AvgIpc) is 2.25. The fourth-order valence-electron chi connectivity index (χ4n) is 2.11. The molecular weight excluding hydrogens is 224 g/mol. The molecule has 1 aliphatic rings. The van der Waals surface area contributed by atoms with Crippen molar-refractivity contribution in [3.05, 3.63) is 17.8 Å². The molecule has 1 aromatic rings. The predicted octanol–water partition coefficient (Wildman–Crippen LogP) is 1.21. The third-order valence-electron chi connectivity index (χ3n) is 2.93. The number of nitrogen functional groups attached to an aromatic ring is 2. The van der Waals surface area contributed by atoms with Gasteiger partial charge in [-0.3, -0.25) is 0 Å². The van der Waals surface area contributed by atoms with E-state index in [0.717, 1.165) is 25.1 Å². The van der Waals surface area contributed by atoms with Gasteiger partial charge in [0.2, 0.25) is 0 Å². The second-order valence-corrected chi connectivity index (χ2v) is 4.23. The van der Waals surface area contributed by atoms with Crippen LogP contribution in [0.1, 0.15) is 18.4 Å². The van der Waals surface area contributed by atoms with Gasteiger partial charge in [0.15, 0.2) is 0 Å². The maximum atomic E-state index is 5.82. The largest absolute Gasteiger partial charge is 0.397 e. The minimum atomic E-state index is 0. The third kappa shape index (κ3) is 3.25. The lowest BCUT2D eigenvalue weighted by atomic mass is 9.92. The fourth-order valence-corrected chi connectivity index (χ4v) is 2.11. The molecule has 5 heteroatoms. The molecule has 16 heavy (non-hydrogen) atoms. The van der Waals surface area contributed by atoms with Crippen LogP contribution in [-0.2, 0) is 6.42 Å². The van der Waals surface area contributed by atoms with E-state index < -0.39 is 0 Å². The Morgan fingerprint density at radius 1 is 1.44 bits per heavy atom. The van der Waals surface area contributed by atoms with Crippen LogP contribution in [0.5, 0.6) is 0 Å². The van der Waals surface area contributed by atoms with E-state index in [1.165, 1.54) is 12.8 Å². The number of nitrogens with zero attached hydrogens (tertiary/aromatic N) is 1. The van der Waals surface area contributed by atoms with Crippen molar-refractivity contribution in [2.45, 2.75) is 19.3 Å². The number of hydrogen-bond acceptors (Lipinski definition) is 4. The molecule has 1 atom stereocenters.